The van der Waals surface area contributed by atoms with Crippen molar-refractivity contribution in [2.75, 3.05) is 44.2 Å². The fourth-order valence-corrected chi connectivity index (χ4v) is 2.92. The number of ether oxygens (including phenoxy) is 1. The van der Waals surface area contributed by atoms with Crippen molar-refractivity contribution < 1.29 is 9.84 Å². The minimum absolute atomic E-state index is 0.488. The smallest absolute Gasteiger partial charge is 0.143 e. The van der Waals surface area contributed by atoms with E-state index in [2.05, 4.69) is 35.9 Å². The maximum absolute atomic E-state index is 10.5. The third kappa shape index (κ3) is 4.60. The largest absolute Gasteiger partial charge is 0.490 e. The van der Waals surface area contributed by atoms with Crippen LogP contribution in [0.25, 0.3) is 0 Å². The SMILES string of the molecule is C=CCN(CC=C)CCC(O)c1ccc2c(c1)OCCN2CC. The molecule has 1 heterocycles. The summed E-state index contributed by atoms with van der Waals surface area (Å²) in [6.45, 7) is 14.7. The lowest BCUT2D eigenvalue weighted by Crippen LogP contribution is -2.32. The molecule has 1 aliphatic rings. The molecule has 1 aromatic rings. The molecule has 0 aromatic heterocycles. The number of anilines is 1. The first kappa shape index (κ1) is 17.6. The van der Waals surface area contributed by atoms with Crippen LogP contribution in [0.3, 0.4) is 0 Å². The van der Waals surface area contributed by atoms with E-state index in [1.807, 2.05) is 24.3 Å². The third-order valence-electron chi connectivity index (χ3n) is 4.20. The van der Waals surface area contributed by atoms with E-state index in [0.717, 1.165) is 49.7 Å². The summed E-state index contributed by atoms with van der Waals surface area (Å²) in [6, 6.07) is 6.04. The molecule has 23 heavy (non-hydrogen) atoms. The second-order valence-electron chi connectivity index (χ2n) is 5.80. The zero-order chi connectivity index (χ0) is 16.7. The van der Waals surface area contributed by atoms with Crippen LogP contribution in [0, 0.1) is 0 Å². The van der Waals surface area contributed by atoms with Crippen molar-refractivity contribution in [3.05, 3.63) is 49.1 Å². The first-order valence-electron chi connectivity index (χ1n) is 8.33. The van der Waals surface area contributed by atoms with E-state index in [1.165, 1.54) is 0 Å². The molecule has 0 saturated heterocycles. The minimum Gasteiger partial charge on any atom is -0.490 e. The van der Waals surface area contributed by atoms with E-state index < -0.39 is 6.10 Å². The predicted molar refractivity (Wildman–Crippen MR) is 96.2 cm³/mol. The standard InChI is InChI=1S/C19H28N2O2/c1-4-10-20(11-5-2)12-9-18(22)16-7-8-17-19(15-16)23-14-13-21(17)6-3/h4-5,7-8,15,18,22H,1-2,6,9-14H2,3H3. The second-order valence-corrected chi connectivity index (χ2v) is 5.80. The van der Waals surface area contributed by atoms with Crippen LogP contribution in [0.4, 0.5) is 5.69 Å². The van der Waals surface area contributed by atoms with Gasteiger partial charge in [-0.1, -0.05) is 18.2 Å². The minimum atomic E-state index is -0.488. The molecule has 0 bridgehead atoms. The summed E-state index contributed by atoms with van der Waals surface area (Å²) in [6.07, 6.45) is 3.94. The highest BCUT2D eigenvalue weighted by atomic mass is 16.5. The van der Waals surface area contributed by atoms with Gasteiger partial charge in [0, 0.05) is 26.2 Å². The molecule has 0 radical (unpaired) electrons. The van der Waals surface area contributed by atoms with E-state index in [0.29, 0.717) is 13.0 Å². The summed E-state index contributed by atoms with van der Waals surface area (Å²) in [5, 5.41) is 10.5. The Kier molecular flexibility index (Phi) is 6.68. The van der Waals surface area contributed by atoms with Crippen LogP contribution in [0.5, 0.6) is 5.75 Å². The van der Waals surface area contributed by atoms with Crippen LogP contribution < -0.4 is 9.64 Å². The predicted octanol–water partition coefficient (Wildman–Crippen LogP) is 3.00. The number of aliphatic hydroxyl groups is 1. The molecule has 2 rings (SSSR count). The van der Waals surface area contributed by atoms with Crippen molar-refractivity contribution >= 4 is 5.69 Å². The van der Waals surface area contributed by atoms with Crippen molar-refractivity contribution in [3.63, 3.8) is 0 Å². The summed E-state index contributed by atoms with van der Waals surface area (Å²) < 4.78 is 5.76. The van der Waals surface area contributed by atoms with Crippen LogP contribution in [-0.4, -0.2) is 49.3 Å². The Balaban J connectivity index is 2.01. The van der Waals surface area contributed by atoms with Gasteiger partial charge in [-0.15, -0.1) is 13.2 Å². The van der Waals surface area contributed by atoms with Crippen LogP contribution in [-0.2, 0) is 0 Å². The summed E-state index contributed by atoms with van der Waals surface area (Å²) in [5.74, 6) is 0.878. The van der Waals surface area contributed by atoms with Crippen LogP contribution in [0.2, 0.25) is 0 Å². The number of hydrogen-bond donors (Lipinski definition) is 1. The number of nitrogens with zero attached hydrogens (tertiary/aromatic N) is 2. The van der Waals surface area contributed by atoms with Gasteiger partial charge in [0.25, 0.3) is 0 Å². The average Bonchev–Trinajstić information content (AvgIpc) is 2.58. The third-order valence-corrected chi connectivity index (χ3v) is 4.20. The van der Waals surface area contributed by atoms with E-state index >= 15 is 0 Å². The monoisotopic (exact) mass is 316 g/mol. The first-order valence-corrected chi connectivity index (χ1v) is 8.33. The highest BCUT2D eigenvalue weighted by Gasteiger charge is 2.19. The van der Waals surface area contributed by atoms with Crippen LogP contribution >= 0.6 is 0 Å². The molecule has 4 nitrogen and oxygen atoms in total. The lowest BCUT2D eigenvalue weighted by molar-refractivity contribution is 0.148. The van der Waals surface area contributed by atoms with Gasteiger partial charge in [0.1, 0.15) is 12.4 Å². The summed E-state index contributed by atoms with van der Waals surface area (Å²) in [7, 11) is 0. The Morgan fingerprint density at radius 1 is 1.35 bits per heavy atom. The Morgan fingerprint density at radius 2 is 2.09 bits per heavy atom. The van der Waals surface area contributed by atoms with E-state index in [9.17, 15) is 5.11 Å². The Morgan fingerprint density at radius 3 is 2.74 bits per heavy atom. The van der Waals surface area contributed by atoms with Gasteiger partial charge in [0.05, 0.1) is 18.3 Å². The fraction of sp³-hybridized carbons (Fsp3) is 0.474. The molecule has 0 fully saturated rings. The Bertz CT molecular complexity index is 520. The lowest BCUT2D eigenvalue weighted by atomic mass is 10.0. The second kappa shape index (κ2) is 8.75. The van der Waals surface area contributed by atoms with E-state index in [1.54, 1.807) is 0 Å². The number of likely N-dealkylation sites (N-methyl/N-ethyl adjacent to an activating group) is 1. The molecule has 1 unspecified atom stereocenters. The number of benzene rings is 1. The number of aliphatic hydroxyl groups excluding tert-OH is 1. The number of fused-ring (bicyclic) bond motifs is 1. The molecule has 0 saturated carbocycles. The summed E-state index contributed by atoms with van der Waals surface area (Å²) in [4.78, 5) is 4.50. The van der Waals surface area contributed by atoms with Gasteiger partial charge in [-0.25, -0.2) is 0 Å². The van der Waals surface area contributed by atoms with Gasteiger partial charge >= 0.3 is 0 Å². The highest BCUT2D eigenvalue weighted by molar-refractivity contribution is 5.61. The highest BCUT2D eigenvalue weighted by Crippen LogP contribution is 2.34. The van der Waals surface area contributed by atoms with E-state index in [-0.39, 0.29) is 0 Å². The van der Waals surface area contributed by atoms with Gasteiger partial charge in [0.15, 0.2) is 0 Å². The topological polar surface area (TPSA) is 35.9 Å². The molecule has 1 N–H and O–H groups in total. The maximum Gasteiger partial charge on any atom is 0.143 e. The van der Waals surface area contributed by atoms with Crippen LogP contribution in [0.1, 0.15) is 25.0 Å². The van der Waals surface area contributed by atoms with Crippen LogP contribution in [0.15, 0.2) is 43.5 Å². The van der Waals surface area contributed by atoms with Crippen molar-refractivity contribution in [2.24, 2.45) is 0 Å². The average molecular weight is 316 g/mol. The molecule has 126 valence electrons. The molecule has 1 aromatic carbocycles. The molecule has 1 aliphatic heterocycles. The lowest BCUT2D eigenvalue weighted by Gasteiger charge is -2.31. The van der Waals surface area contributed by atoms with Crippen molar-refractivity contribution in [3.8, 4) is 5.75 Å². The van der Waals surface area contributed by atoms with Crippen molar-refractivity contribution in [1.82, 2.24) is 4.90 Å². The molecule has 0 amide bonds. The van der Waals surface area contributed by atoms with Gasteiger partial charge in [-0.05, 0) is 31.0 Å². The molecular formula is C19H28N2O2. The summed E-state index contributed by atoms with van der Waals surface area (Å²) >= 11 is 0. The van der Waals surface area contributed by atoms with Gasteiger partial charge < -0.3 is 14.7 Å². The normalized spacial score (nSPS) is 15.0. The first-order chi connectivity index (χ1) is 11.2. The molecule has 4 heteroatoms. The molecule has 0 spiro atoms. The zero-order valence-corrected chi connectivity index (χ0v) is 14.1. The van der Waals surface area contributed by atoms with Gasteiger partial charge in [0.2, 0.25) is 0 Å². The maximum atomic E-state index is 10.5. The number of rotatable bonds is 9. The van der Waals surface area contributed by atoms with Crippen molar-refractivity contribution in [1.29, 1.82) is 0 Å². The molecular weight excluding hydrogens is 288 g/mol. The fourth-order valence-electron chi connectivity index (χ4n) is 2.92. The summed E-state index contributed by atoms with van der Waals surface area (Å²) in [5.41, 5.74) is 2.04. The van der Waals surface area contributed by atoms with Crippen molar-refractivity contribution in [2.45, 2.75) is 19.4 Å². The molecule has 0 aliphatic carbocycles. The quantitative estimate of drug-likeness (QED) is 0.711. The zero-order valence-electron chi connectivity index (χ0n) is 14.1. The van der Waals surface area contributed by atoms with E-state index in [4.69, 9.17) is 4.74 Å². The molecule has 1 atom stereocenters. The Hall–Kier alpha value is -1.78. The van der Waals surface area contributed by atoms with Gasteiger partial charge in [-0.2, -0.15) is 0 Å². The Labute approximate surface area is 139 Å². The number of hydrogen-bond acceptors (Lipinski definition) is 4. The van der Waals surface area contributed by atoms with Gasteiger partial charge in [-0.3, -0.25) is 4.90 Å².